The molecule has 110 valence electrons. The van der Waals surface area contributed by atoms with Gasteiger partial charge in [0.1, 0.15) is 4.90 Å². The first-order valence-corrected chi connectivity index (χ1v) is 8.55. The van der Waals surface area contributed by atoms with Crippen molar-refractivity contribution < 1.29 is 8.42 Å². The van der Waals surface area contributed by atoms with Crippen molar-refractivity contribution in [2.45, 2.75) is 36.7 Å². The summed E-state index contributed by atoms with van der Waals surface area (Å²) in [6.07, 6.45) is 8.92. The molecule has 0 radical (unpaired) electrons. The first-order valence-electron chi connectivity index (χ1n) is 7.11. The first-order chi connectivity index (χ1) is 9.57. The van der Waals surface area contributed by atoms with Crippen molar-refractivity contribution in [1.82, 2.24) is 14.2 Å². The molecule has 1 fully saturated rings. The molecule has 2 heterocycles. The highest BCUT2D eigenvalue weighted by Crippen LogP contribution is 2.22. The number of sulfonamides is 1. The molecule has 6 heteroatoms. The van der Waals surface area contributed by atoms with E-state index >= 15 is 0 Å². The van der Waals surface area contributed by atoms with Crippen LogP contribution in [0.2, 0.25) is 0 Å². The lowest BCUT2D eigenvalue weighted by molar-refractivity contribution is 0.437. The van der Waals surface area contributed by atoms with Crippen molar-refractivity contribution in [1.29, 1.82) is 0 Å². The zero-order chi connectivity index (χ0) is 14.2. The summed E-state index contributed by atoms with van der Waals surface area (Å²) < 4.78 is 28.6. The molecule has 0 unspecified atom stereocenters. The molecule has 1 saturated carbocycles. The second kappa shape index (κ2) is 5.35. The predicted octanol–water partition coefficient (Wildman–Crippen LogP) is 1.23. The number of nitrogens with zero attached hydrogens (tertiary/aromatic N) is 2. The lowest BCUT2D eigenvalue weighted by atomic mass is 10.3. The van der Waals surface area contributed by atoms with E-state index < -0.39 is 10.0 Å². The minimum atomic E-state index is -3.35. The summed E-state index contributed by atoms with van der Waals surface area (Å²) in [6, 6.07) is 2.42. The van der Waals surface area contributed by atoms with Gasteiger partial charge in [0, 0.05) is 44.6 Å². The molecule has 20 heavy (non-hydrogen) atoms. The lowest BCUT2D eigenvalue weighted by Gasteiger charge is -2.21. The zero-order valence-corrected chi connectivity index (χ0v) is 12.6. The van der Waals surface area contributed by atoms with Crippen LogP contribution >= 0.6 is 0 Å². The van der Waals surface area contributed by atoms with E-state index in [1.165, 1.54) is 12.8 Å². The molecule has 5 nitrogen and oxygen atoms in total. The van der Waals surface area contributed by atoms with E-state index in [1.807, 2.05) is 23.8 Å². The summed E-state index contributed by atoms with van der Waals surface area (Å²) in [4.78, 5) is 0.405. The molecule has 2 aliphatic rings. The van der Waals surface area contributed by atoms with E-state index in [1.54, 1.807) is 16.6 Å². The second-order valence-corrected chi connectivity index (χ2v) is 7.49. The Balaban J connectivity index is 1.78. The summed E-state index contributed by atoms with van der Waals surface area (Å²) in [5.74, 6) is 0. The highest BCUT2D eigenvalue weighted by molar-refractivity contribution is 7.89. The Morgan fingerprint density at radius 2 is 2.15 bits per heavy atom. The maximum Gasteiger partial charge on any atom is 0.244 e. The number of nitrogens with one attached hydrogen (secondary N) is 1. The molecule has 0 atom stereocenters. The average molecular weight is 295 g/mol. The van der Waals surface area contributed by atoms with E-state index in [4.69, 9.17) is 0 Å². The van der Waals surface area contributed by atoms with Gasteiger partial charge in [0.15, 0.2) is 0 Å². The monoisotopic (exact) mass is 295 g/mol. The third kappa shape index (κ3) is 2.82. The van der Waals surface area contributed by atoms with Gasteiger partial charge in [-0.2, -0.15) is 4.31 Å². The van der Waals surface area contributed by atoms with Gasteiger partial charge in [-0.1, -0.05) is 12.2 Å². The normalized spacial score (nSPS) is 20.4. The molecule has 0 spiro atoms. The van der Waals surface area contributed by atoms with Crippen LogP contribution in [0, 0.1) is 0 Å². The molecular formula is C14H21N3O2S. The Hall–Kier alpha value is -1.11. The van der Waals surface area contributed by atoms with Crippen LogP contribution < -0.4 is 5.32 Å². The third-order valence-corrected chi connectivity index (χ3v) is 5.72. The number of aryl methyl sites for hydroxylation is 1. The number of hydrogen-bond donors (Lipinski definition) is 1. The van der Waals surface area contributed by atoms with Crippen LogP contribution in [0.1, 0.15) is 25.0 Å². The molecule has 1 aliphatic heterocycles. The quantitative estimate of drug-likeness (QED) is 0.831. The maximum atomic E-state index is 12.6. The summed E-state index contributed by atoms with van der Waals surface area (Å²) in [5, 5.41) is 3.42. The van der Waals surface area contributed by atoms with Gasteiger partial charge in [-0.3, -0.25) is 0 Å². The van der Waals surface area contributed by atoms with E-state index in [-0.39, 0.29) is 0 Å². The summed E-state index contributed by atoms with van der Waals surface area (Å²) in [5.41, 5.74) is 1.02. The molecule has 0 bridgehead atoms. The van der Waals surface area contributed by atoms with Gasteiger partial charge in [0.05, 0.1) is 0 Å². The number of rotatable bonds is 5. The van der Waals surface area contributed by atoms with Crippen LogP contribution in [0.5, 0.6) is 0 Å². The molecule has 0 aromatic carbocycles. The van der Waals surface area contributed by atoms with Gasteiger partial charge in [-0.25, -0.2) is 8.42 Å². The predicted molar refractivity (Wildman–Crippen MR) is 77.8 cm³/mol. The average Bonchev–Trinajstić information content (AvgIpc) is 3.20. The second-order valence-electron chi connectivity index (χ2n) is 5.56. The van der Waals surface area contributed by atoms with Crippen LogP contribution in [0.3, 0.4) is 0 Å². The van der Waals surface area contributed by atoms with E-state index in [2.05, 4.69) is 5.32 Å². The Bertz CT molecular complexity index is 614. The SMILES string of the molecule is Cn1cc(S(=O)(=O)N2CC=CCC2)cc1CNC1CC1. The van der Waals surface area contributed by atoms with Gasteiger partial charge in [-0.05, 0) is 25.3 Å². The van der Waals surface area contributed by atoms with Gasteiger partial charge in [0.2, 0.25) is 10.0 Å². The zero-order valence-electron chi connectivity index (χ0n) is 11.7. The van der Waals surface area contributed by atoms with Crippen molar-refractivity contribution in [2.75, 3.05) is 13.1 Å². The minimum Gasteiger partial charge on any atom is -0.352 e. The number of hydrogen-bond acceptors (Lipinski definition) is 3. The highest BCUT2D eigenvalue weighted by Gasteiger charge is 2.26. The minimum absolute atomic E-state index is 0.405. The van der Waals surface area contributed by atoms with Gasteiger partial charge in [0.25, 0.3) is 0 Å². The Labute approximate surface area is 120 Å². The molecule has 1 aromatic heterocycles. The van der Waals surface area contributed by atoms with Crippen molar-refractivity contribution >= 4 is 10.0 Å². The maximum absolute atomic E-state index is 12.6. The van der Waals surface area contributed by atoms with Gasteiger partial charge < -0.3 is 9.88 Å². The van der Waals surface area contributed by atoms with Gasteiger partial charge >= 0.3 is 0 Å². The molecule has 3 rings (SSSR count). The summed E-state index contributed by atoms with van der Waals surface area (Å²) >= 11 is 0. The largest absolute Gasteiger partial charge is 0.352 e. The van der Waals surface area contributed by atoms with Crippen molar-refractivity contribution in [2.24, 2.45) is 7.05 Å². The first kappa shape index (κ1) is 13.9. The molecular weight excluding hydrogens is 274 g/mol. The van der Waals surface area contributed by atoms with Crippen LogP contribution in [0.15, 0.2) is 29.3 Å². The van der Waals surface area contributed by atoms with E-state index in [0.29, 0.717) is 24.0 Å². The smallest absolute Gasteiger partial charge is 0.244 e. The molecule has 1 N–H and O–H groups in total. The van der Waals surface area contributed by atoms with Crippen molar-refractivity contribution in [3.05, 3.63) is 30.1 Å². The number of aromatic nitrogens is 1. The third-order valence-electron chi connectivity index (χ3n) is 3.89. The van der Waals surface area contributed by atoms with E-state index in [9.17, 15) is 8.42 Å². The Morgan fingerprint density at radius 3 is 2.80 bits per heavy atom. The van der Waals surface area contributed by atoms with Crippen LogP contribution in [0.4, 0.5) is 0 Å². The van der Waals surface area contributed by atoms with E-state index in [0.717, 1.165) is 18.7 Å². The van der Waals surface area contributed by atoms with Gasteiger partial charge in [-0.15, -0.1) is 0 Å². The molecule has 0 saturated heterocycles. The van der Waals surface area contributed by atoms with Crippen molar-refractivity contribution in [3.63, 3.8) is 0 Å². The highest BCUT2D eigenvalue weighted by atomic mass is 32.2. The molecule has 1 aliphatic carbocycles. The fourth-order valence-electron chi connectivity index (χ4n) is 2.42. The summed E-state index contributed by atoms with van der Waals surface area (Å²) in [6.45, 7) is 1.78. The van der Waals surface area contributed by atoms with Crippen LogP contribution in [0.25, 0.3) is 0 Å². The Morgan fingerprint density at radius 1 is 1.35 bits per heavy atom. The fraction of sp³-hybridized carbons (Fsp3) is 0.571. The van der Waals surface area contributed by atoms with Crippen LogP contribution in [-0.4, -0.2) is 36.4 Å². The van der Waals surface area contributed by atoms with Crippen molar-refractivity contribution in [3.8, 4) is 0 Å². The Kier molecular flexibility index (Phi) is 3.70. The standard InChI is InChI=1S/C14H21N3O2S/c1-16-11-14(9-13(16)10-15-12-5-6-12)20(18,19)17-7-3-2-4-8-17/h2-3,9,11-12,15H,4-8,10H2,1H3. The van der Waals surface area contributed by atoms with Crippen LogP contribution in [-0.2, 0) is 23.6 Å². The summed E-state index contributed by atoms with van der Waals surface area (Å²) in [7, 11) is -1.45. The fourth-order valence-corrected chi connectivity index (χ4v) is 3.92. The molecule has 1 aromatic rings. The lowest BCUT2D eigenvalue weighted by Crippen LogP contribution is -2.33. The topological polar surface area (TPSA) is 54.3 Å². The molecule has 0 amide bonds.